The average Bonchev–Trinajstić information content (AvgIpc) is 2.58. The molecule has 0 saturated carbocycles. The maximum atomic E-state index is 6.02. The van der Waals surface area contributed by atoms with Crippen LogP contribution in [0.4, 0.5) is 0 Å². The van der Waals surface area contributed by atoms with Gasteiger partial charge in [-0.25, -0.2) is 0 Å². The lowest BCUT2D eigenvalue weighted by Crippen LogP contribution is -1.88. The van der Waals surface area contributed by atoms with Crippen molar-refractivity contribution in [3.63, 3.8) is 0 Å². The van der Waals surface area contributed by atoms with Gasteiger partial charge >= 0.3 is 0 Å². The van der Waals surface area contributed by atoms with Crippen LogP contribution in [0.15, 0.2) is 17.5 Å². The Labute approximate surface area is 96.2 Å². The van der Waals surface area contributed by atoms with Crippen LogP contribution in [0.1, 0.15) is 5.56 Å². The molecule has 0 atom stereocenters. The molecule has 0 spiro atoms. The first-order valence-corrected chi connectivity index (χ1v) is 5.85. The van der Waals surface area contributed by atoms with Gasteiger partial charge in [-0.1, -0.05) is 11.6 Å². The lowest BCUT2D eigenvalue weighted by molar-refractivity contribution is 0.412. The van der Waals surface area contributed by atoms with E-state index in [9.17, 15) is 0 Å². The number of alkyl halides is 1. The molecule has 1 aromatic heterocycles. The van der Waals surface area contributed by atoms with E-state index in [0.29, 0.717) is 5.88 Å². The van der Waals surface area contributed by atoms with Crippen molar-refractivity contribution in [2.24, 2.45) is 0 Å². The number of rotatable bonds is 2. The highest BCUT2D eigenvalue weighted by Gasteiger charge is 2.08. The quantitative estimate of drug-likeness (QED) is 0.719. The van der Waals surface area contributed by atoms with E-state index in [2.05, 4.69) is 0 Å². The standard InChI is InChI=1S/C10H8Cl2OS/c1-13-9-3-10-7(2-6(9)4-11)8(12)5-14-10/h2-3,5H,4H2,1H3. The molecule has 0 saturated heterocycles. The number of benzene rings is 1. The molecule has 2 aromatic rings. The first kappa shape index (κ1) is 10.1. The summed E-state index contributed by atoms with van der Waals surface area (Å²) in [5, 5.41) is 3.75. The molecule has 14 heavy (non-hydrogen) atoms. The van der Waals surface area contributed by atoms with Crippen LogP contribution in [-0.2, 0) is 5.88 Å². The second-order valence-electron chi connectivity index (χ2n) is 2.88. The molecule has 0 amide bonds. The summed E-state index contributed by atoms with van der Waals surface area (Å²) in [5.41, 5.74) is 0.974. The Morgan fingerprint density at radius 3 is 2.86 bits per heavy atom. The molecule has 4 heteroatoms. The number of hydrogen-bond acceptors (Lipinski definition) is 2. The fourth-order valence-corrected chi connectivity index (χ4v) is 2.75. The maximum absolute atomic E-state index is 6.02. The van der Waals surface area contributed by atoms with Crippen LogP contribution >= 0.6 is 34.5 Å². The third-order valence-corrected chi connectivity index (χ3v) is 3.75. The molecular formula is C10H8Cl2OS. The minimum absolute atomic E-state index is 0.436. The monoisotopic (exact) mass is 246 g/mol. The van der Waals surface area contributed by atoms with Crippen molar-refractivity contribution < 1.29 is 4.74 Å². The van der Waals surface area contributed by atoms with Crippen molar-refractivity contribution in [1.82, 2.24) is 0 Å². The zero-order valence-corrected chi connectivity index (χ0v) is 9.84. The molecular weight excluding hydrogens is 239 g/mol. The zero-order valence-electron chi connectivity index (χ0n) is 7.51. The molecule has 0 aliphatic heterocycles. The molecule has 0 N–H and O–H groups in total. The Hall–Kier alpha value is -0.440. The predicted molar refractivity (Wildman–Crippen MR) is 62.9 cm³/mol. The van der Waals surface area contributed by atoms with Crippen molar-refractivity contribution in [3.05, 3.63) is 28.1 Å². The molecule has 1 nitrogen and oxygen atoms in total. The van der Waals surface area contributed by atoms with E-state index >= 15 is 0 Å². The fraction of sp³-hybridized carbons (Fsp3) is 0.200. The highest BCUT2D eigenvalue weighted by molar-refractivity contribution is 7.17. The number of thiophene rings is 1. The van der Waals surface area contributed by atoms with Crippen LogP contribution in [0, 0.1) is 0 Å². The lowest BCUT2D eigenvalue weighted by atomic mass is 10.1. The van der Waals surface area contributed by atoms with Gasteiger partial charge in [-0.3, -0.25) is 0 Å². The largest absolute Gasteiger partial charge is 0.496 e. The highest BCUT2D eigenvalue weighted by Crippen LogP contribution is 2.35. The maximum Gasteiger partial charge on any atom is 0.124 e. The predicted octanol–water partition coefficient (Wildman–Crippen LogP) is 4.30. The molecule has 1 heterocycles. The van der Waals surface area contributed by atoms with Crippen LogP contribution in [0.5, 0.6) is 5.75 Å². The van der Waals surface area contributed by atoms with E-state index in [1.165, 1.54) is 0 Å². The molecule has 74 valence electrons. The molecule has 0 aliphatic carbocycles. The molecule has 0 fully saturated rings. The van der Waals surface area contributed by atoms with Gasteiger partial charge in [0.1, 0.15) is 5.75 Å². The van der Waals surface area contributed by atoms with Crippen LogP contribution in [-0.4, -0.2) is 7.11 Å². The van der Waals surface area contributed by atoms with Gasteiger partial charge in [0.2, 0.25) is 0 Å². The average molecular weight is 247 g/mol. The zero-order chi connectivity index (χ0) is 10.1. The van der Waals surface area contributed by atoms with Gasteiger partial charge in [0, 0.05) is 21.0 Å². The van der Waals surface area contributed by atoms with Gasteiger partial charge in [0.15, 0.2) is 0 Å². The third kappa shape index (κ3) is 1.58. The SMILES string of the molecule is COc1cc2scc(Cl)c2cc1CCl. The molecule has 0 unspecified atom stereocenters. The van der Waals surface area contributed by atoms with Crippen LogP contribution < -0.4 is 4.74 Å². The summed E-state index contributed by atoms with van der Waals surface area (Å²) in [6, 6.07) is 3.96. The minimum atomic E-state index is 0.436. The number of ether oxygens (including phenoxy) is 1. The second kappa shape index (κ2) is 3.97. The molecule has 1 aromatic carbocycles. The fourth-order valence-electron chi connectivity index (χ4n) is 1.36. The number of fused-ring (bicyclic) bond motifs is 1. The molecule has 0 radical (unpaired) electrons. The summed E-state index contributed by atoms with van der Waals surface area (Å²) in [7, 11) is 1.65. The topological polar surface area (TPSA) is 9.23 Å². The Morgan fingerprint density at radius 1 is 1.43 bits per heavy atom. The first-order valence-electron chi connectivity index (χ1n) is 4.06. The summed E-state index contributed by atoms with van der Waals surface area (Å²) in [6.45, 7) is 0. The van der Waals surface area contributed by atoms with E-state index in [0.717, 1.165) is 26.4 Å². The summed E-state index contributed by atoms with van der Waals surface area (Å²) in [5.74, 6) is 1.26. The van der Waals surface area contributed by atoms with E-state index in [1.807, 2.05) is 17.5 Å². The second-order valence-corrected chi connectivity index (χ2v) is 4.46. The highest BCUT2D eigenvalue weighted by atomic mass is 35.5. The van der Waals surface area contributed by atoms with Gasteiger partial charge < -0.3 is 4.74 Å². The summed E-state index contributed by atoms with van der Waals surface area (Å²) in [6.07, 6.45) is 0. The Bertz CT molecular complexity index is 464. The molecule has 0 aliphatic rings. The Kier molecular flexibility index (Phi) is 2.86. The summed E-state index contributed by atoms with van der Waals surface area (Å²) in [4.78, 5) is 0. The Morgan fingerprint density at radius 2 is 2.21 bits per heavy atom. The summed E-state index contributed by atoms with van der Waals surface area (Å²) < 4.78 is 6.36. The van der Waals surface area contributed by atoms with Gasteiger partial charge in [-0.2, -0.15) is 0 Å². The minimum Gasteiger partial charge on any atom is -0.496 e. The van der Waals surface area contributed by atoms with Crippen LogP contribution in [0.25, 0.3) is 10.1 Å². The van der Waals surface area contributed by atoms with Crippen molar-refractivity contribution in [2.45, 2.75) is 5.88 Å². The summed E-state index contributed by atoms with van der Waals surface area (Å²) >= 11 is 13.4. The molecule has 2 rings (SSSR count). The van der Waals surface area contributed by atoms with E-state index in [1.54, 1.807) is 18.4 Å². The van der Waals surface area contributed by atoms with Crippen molar-refractivity contribution in [1.29, 1.82) is 0 Å². The van der Waals surface area contributed by atoms with Crippen molar-refractivity contribution in [2.75, 3.05) is 7.11 Å². The van der Waals surface area contributed by atoms with Gasteiger partial charge in [-0.05, 0) is 12.1 Å². The lowest BCUT2D eigenvalue weighted by Gasteiger charge is -2.05. The molecule has 0 bridgehead atoms. The normalized spacial score (nSPS) is 10.8. The van der Waals surface area contributed by atoms with E-state index in [-0.39, 0.29) is 0 Å². The van der Waals surface area contributed by atoms with Gasteiger partial charge in [0.05, 0.1) is 18.0 Å². The number of hydrogen-bond donors (Lipinski definition) is 0. The van der Waals surface area contributed by atoms with Crippen LogP contribution in [0.2, 0.25) is 5.02 Å². The van der Waals surface area contributed by atoms with Gasteiger partial charge in [0.25, 0.3) is 0 Å². The van der Waals surface area contributed by atoms with Crippen molar-refractivity contribution in [3.8, 4) is 5.75 Å². The third-order valence-electron chi connectivity index (χ3n) is 2.07. The number of halogens is 2. The van der Waals surface area contributed by atoms with E-state index in [4.69, 9.17) is 27.9 Å². The smallest absolute Gasteiger partial charge is 0.124 e. The first-order chi connectivity index (χ1) is 6.76. The van der Waals surface area contributed by atoms with Gasteiger partial charge in [-0.15, -0.1) is 22.9 Å². The number of methoxy groups -OCH3 is 1. The Balaban J connectivity index is 2.71. The van der Waals surface area contributed by atoms with Crippen LogP contribution in [0.3, 0.4) is 0 Å². The van der Waals surface area contributed by atoms with E-state index < -0.39 is 0 Å². The van der Waals surface area contributed by atoms with Crippen molar-refractivity contribution >= 4 is 44.6 Å².